The molecule has 0 radical (unpaired) electrons. The van der Waals surface area contributed by atoms with Crippen LogP contribution in [0.5, 0.6) is 0 Å². The summed E-state index contributed by atoms with van der Waals surface area (Å²) in [6.07, 6.45) is 1.98. The Balaban J connectivity index is 1.86. The van der Waals surface area contributed by atoms with Crippen LogP contribution in [0.4, 0.5) is 0 Å². The Morgan fingerprint density at radius 3 is 2.47 bits per heavy atom. The number of benzene rings is 1. The van der Waals surface area contributed by atoms with Gasteiger partial charge < -0.3 is 5.11 Å². The Labute approximate surface area is 116 Å². The van der Waals surface area contributed by atoms with Crippen LogP contribution >= 0.6 is 0 Å². The molecule has 100 valence electrons. The van der Waals surface area contributed by atoms with Gasteiger partial charge in [-0.1, -0.05) is 50.8 Å². The van der Waals surface area contributed by atoms with Crippen molar-refractivity contribution in [2.75, 3.05) is 0 Å². The molecule has 2 saturated carbocycles. The molecule has 0 spiro atoms. The average Bonchev–Trinajstić information content (AvgIpc) is 2.85. The van der Waals surface area contributed by atoms with Crippen LogP contribution in [0.15, 0.2) is 30.3 Å². The molecule has 1 heteroatoms. The molecule has 1 aromatic rings. The summed E-state index contributed by atoms with van der Waals surface area (Å²) in [7, 11) is 0. The van der Waals surface area contributed by atoms with E-state index in [-0.39, 0.29) is 0 Å². The molecule has 0 aromatic heterocycles. The molecule has 0 heterocycles. The van der Waals surface area contributed by atoms with E-state index in [1.807, 2.05) is 30.3 Å². The van der Waals surface area contributed by atoms with Gasteiger partial charge >= 0.3 is 0 Å². The molecule has 3 rings (SSSR count). The Morgan fingerprint density at radius 2 is 1.89 bits per heavy atom. The highest BCUT2D eigenvalue weighted by atomic mass is 16.3. The molecule has 1 aromatic carbocycles. The summed E-state index contributed by atoms with van der Waals surface area (Å²) >= 11 is 0. The third kappa shape index (κ3) is 1.90. The molecule has 19 heavy (non-hydrogen) atoms. The summed E-state index contributed by atoms with van der Waals surface area (Å²) in [4.78, 5) is 0. The summed E-state index contributed by atoms with van der Waals surface area (Å²) in [5, 5.41) is 10.9. The Bertz CT molecular complexity index is 530. The highest BCUT2D eigenvalue weighted by molar-refractivity contribution is 5.37. The molecule has 1 N–H and O–H groups in total. The van der Waals surface area contributed by atoms with Crippen molar-refractivity contribution in [2.45, 2.75) is 39.2 Å². The van der Waals surface area contributed by atoms with Gasteiger partial charge in [-0.15, -0.1) is 0 Å². The van der Waals surface area contributed by atoms with Gasteiger partial charge in [0, 0.05) is 11.5 Å². The van der Waals surface area contributed by atoms with Crippen LogP contribution in [0.2, 0.25) is 0 Å². The molecule has 2 fully saturated rings. The molecule has 0 unspecified atom stereocenters. The summed E-state index contributed by atoms with van der Waals surface area (Å²) in [6.45, 7) is 6.96. The second-order valence-electron chi connectivity index (χ2n) is 6.89. The van der Waals surface area contributed by atoms with E-state index in [1.165, 1.54) is 0 Å². The van der Waals surface area contributed by atoms with Gasteiger partial charge in [-0.3, -0.25) is 0 Å². The lowest BCUT2D eigenvalue weighted by molar-refractivity contribution is -0.0250. The molecule has 1 nitrogen and oxygen atoms in total. The predicted molar refractivity (Wildman–Crippen MR) is 77.4 cm³/mol. The third-order valence-electron chi connectivity index (χ3n) is 5.74. The Hall–Kier alpha value is -1.26. The topological polar surface area (TPSA) is 20.2 Å². The third-order valence-corrected chi connectivity index (χ3v) is 5.74. The van der Waals surface area contributed by atoms with Gasteiger partial charge in [0.25, 0.3) is 0 Å². The molecular formula is C18H22O. The lowest BCUT2D eigenvalue weighted by Crippen LogP contribution is -2.44. The van der Waals surface area contributed by atoms with E-state index in [0.717, 1.165) is 18.4 Å². The van der Waals surface area contributed by atoms with Crippen LogP contribution in [0.25, 0.3) is 0 Å². The van der Waals surface area contributed by atoms with Gasteiger partial charge in [0.2, 0.25) is 0 Å². The van der Waals surface area contributed by atoms with Crippen molar-refractivity contribution in [3.8, 4) is 11.8 Å². The number of rotatable bonds is 0. The first kappa shape index (κ1) is 12.8. The Kier molecular flexibility index (Phi) is 2.76. The molecule has 2 aliphatic rings. The van der Waals surface area contributed by atoms with Crippen molar-refractivity contribution in [3.63, 3.8) is 0 Å². The van der Waals surface area contributed by atoms with Gasteiger partial charge in [-0.25, -0.2) is 0 Å². The first-order valence-electron chi connectivity index (χ1n) is 7.24. The maximum Gasteiger partial charge on any atom is 0.129 e. The van der Waals surface area contributed by atoms with Crippen molar-refractivity contribution in [1.82, 2.24) is 0 Å². The molecule has 2 bridgehead atoms. The SMILES string of the molecule is C[C@@H]1[C@@H]2C[C@H](C[C@]2(O)C#Cc2ccccc2)C1(C)C. The molecule has 0 amide bonds. The fourth-order valence-electron chi connectivity index (χ4n) is 4.03. The van der Waals surface area contributed by atoms with Crippen molar-refractivity contribution in [3.05, 3.63) is 35.9 Å². The van der Waals surface area contributed by atoms with Crippen molar-refractivity contribution in [1.29, 1.82) is 0 Å². The number of hydrogen-bond donors (Lipinski definition) is 1. The van der Waals surface area contributed by atoms with Crippen LogP contribution < -0.4 is 0 Å². The van der Waals surface area contributed by atoms with Crippen molar-refractivity contribution >= 4 is 0 Å². The maximum atomic E-state index is 10.9. The zero-order valence-corrected chi connectivity index (χ0v) is 12.0. The monoisotopic (exact) mass is 254 g/mol. The van der Waals surface area contributed by atoms with E-state index in [4.69, 9.17) is 0 Å². The number of fused-ring (bicyclic) bond motifs is 2. The quantitative estimate of drug-likeness (QED) is 0.703. The zero-order chi connectivity index (χ0) is 13.7. The van der Waals surface area contributed by atoms with Crippen molar-refractivity contribution < 1.29 is 5.11 Å². The number of hydrogen-bond acceptors (Lipinski definition) is 1. The van der Waals surface area contributed by atoms with E-state index in [2.05, 4.69) is 32.6 Å². The summed E-state index contributed by atoms with van der Waals surface area (Å²) in [6, 6.07) is 9.96. The van der Waals surface area contributed by atoms with Gasteiger partial charge in [-0.2, -0.15) is 0 Å². The highest BCUT2D eigenvalue weighted by Gasteiger charge is 2.60. The summed E-state index contributed by atoms with van der Waals surface area (Å²) in [5.74, 6) is 7.83. The van der Waals surface area contributed by atoms with E-state index in [9.17, 15) is 5.11 Å². The standard InChI is InChI=1S/C18H22O/c1-13-16-11-15(17(13,2)3)12-18(16,19)10-9-14-7-5-4-6-8-14/h4-8,13,15-16,19H,11-12H2,1-3H3/t13-,15-,16+,18-/m1/s1. The van der Waals surface area contributed by atoms with Crippen LogP contribution in [0.1, 0.15) is 39.2 Å². The second-order valence-corrected chi connectivity index (χ2v) is 6.89. The predicted octanol–water partition coefficient (Wildman–Crippen LogP) is 3.47. The first-order valence-corrected chi connectivity index (χ1v) is 7.24. The minimum absolute atomic E-state index is 0.337. The molecule has 0 saturated heterocycles. The van der Waals surface area contributed by atoms with Crippen LogP contribution in [-0.4, -0.2) is 10.7 Å². The van der Waals surface area contributed by atoms with E-state index in [0.29, 0.717) is 23.2 Å². The smallest absolute Gasteiger partial charge is 0.129 e. The number of aliphatic hydroxyl groups is 1. The molecule has 2 aliphatic carbocycles. The fraction of sp³-hybridized carbons (Fsp3) is 0.556. The van der Waals surface area contributed by atoms with Crippen molar-refractivity contribution in [2.24, 2.45) is 23.2 Å². The molecule has 4 atom stereocenters. The van der Waals surface area contributed by atoms with Crippen LogP contribution in [0, 0.1) is 35.0 Å². The highest BCUT2D eigenvalue weighted by Crippen LogP contribution is 2.62. The van der Waals surface area contributed by atoms with E-state index in [1.54, 1.807) is 0 Å². The second kappa shape index (κ2) is 4.12. The maximum absolute atomic E-state index is 10.9. The normalized spacial score (nSPS) is 38.8. The van der Waals surface area contributed by atoms with Crippen LogP contribution in [0.3, 0.4) is 0 Å². The summed E-state index contributed by atoms with van der Waals surface area (Å²) in [5.41, 5.74) is 0.575. The van der Waals surface area contributed by atoms with Gasteiger partial charge in [0.15, 0.2) is 0 Å². The lowest BCUT2D eigenvalue weighted by Gasteiger charge is -2.42. The largest absolute Gasteiger partial charge is 0.377 e. The minimum atomic E-state index is -0.768. The average molecular weight is 254 g/mol. The van der Waals surface area contributed by atoms with Gasteiger partial charge in [0.05, 0.1) is 0 Å². The van der Waals surface area contributed by atoms with Gasteiger partial charge in [-0.05, 0) is 42.2 Å². The fourth-order valence-corrected chi connectivity index (χ4v) is 4.03. The Morgan fingerprint density at radius 1 is 1.21 bits per heavy atom. The van der Waals surface area contributed by atoms with E-state index >= 15 is 0 Å². The summed E-state index contributed by atoms with van der Waals surface area (Å²) < 4.78 is 0. The molecule has 0 aliphatic heterocycles. The van der Waals surface area contributed by atoms with Crippen LogP contribution in [-0.2, 0) is 0 Å². The zero-order valence-electron chi connectivity index (χ0n) is 12.0. The van der Waals surface area contributed by atoms with E-state index < -0.39 is 5.60 Å². The molecular weight excluding hydrogens is 232 g/mol. The van der Waals surface area contributed by atoms with Gasteiger partial charge in [0.1, 0.15) is 5.60 Å². The minimum Gasteiger partial charge on any atom is -0.377 e. The first-order chi connectivity index (χ1) is 8.93. The lowest BCUT2D eigenvalue weighted by atomic mass is 9.65.